The van der Waals surface area contributed by atoms with Gasteiger partial charge in [-0.05, 0) is 50.7 Å². The van der Waals surface area contributed by atoms with Crippen molar-refractivity contribution in [1.82, 2.24) is 19.9 Å². The molecular weight excluding hydrogens is 376 g/mol. The Labute approximate surface area is 176 Å². The van der Waals surface area contributed by atoms with E-state index < -0.39 is 0 Å². The molecule has 154 valence electrons. The number of carbonyl (C=O) groups is 2. The van der Waals surface area contributed by atoms with Crippen LogP contribution in [0.4, 0.5) is 0 Å². The fourth-order valence-corrected chi connectivity index (χ4v) is 3.91. The Morgan fingerprint density at radius 2 is 1.87 bits per heavy atom. The van der Waals surface area contributed by atoms with Gasteiger partial charge in [-0.1, -0.05) is 19.1 Å². The SMILES string of the molecule is CCC(=O)c1cncc(-c2ccc3cnc(CC(=O)C4CCN(C)CC4)nc3c2)c1. The maximum atomic E-state index is 12.7. The molecule has 1 aromatic carbocycles. The Morgan fingerprint density at radius 3 is 2.63 bits per heavy atom. The van der Waals surface area contributed by atoms with Crippen molar-refractivity contribution < 1.29 is 9.59 Å². The molecule has 0 saturated carbocycles. The molecule has 0 N–H and O–H groups in total. The molecule has 1 saturated heterocycles. The topological polar surface area (TPSA) is 76.1 Å². The zero-order chi connectivity index (χ0) is 21.1. The van der Waals surface area contributed by atoms with Gasteiger partial charge in [0, 0.05) is 47.4 Å². The monoisotopic (exact) mass is 402 g/mol. The number of Topliss-reactive ketones (excluding diaryl/α,β-unsaturated/α-hetero) is 2. The number of likely N-dealkylation sites (tertiary alicyclic amines) is 1. The van der Waals surface area contributed by atoms with Crippen molar-refractivity contribution in [3.05, 3.63) is 54.2 Å². The number of piperidine rings is 1. The minimum absolute atomic E-state index is 0.0715. The van der Waals surface area contributed by atoms with Crippen molar-refractivity contribution in [2.24, 2.45) is 5.92 Å². The first-order valence-corrected chi connectivity index (χ1v) is 10.5. The van der Waals surface area contributed by atoms with Crippen LogP contribution in [0.5, 0.6) is 0 Å². The Hall–Kier alpha value is -2.99. The van der Waals surface area contributed by atoms with Crippen LogP contribution >= 0.6 is 0 Å². The molecule has 1 aliphatic heterocycles. The average molecular weight is 402 g/mol. The largest absolute Gasteiger partial charge is 0.306 e. The van der Waals surface area contributed by atoms with Gasteiger partial charge in [0.25, 0.3) is 0 Å². The van der Waals surface area contributed by atoms with Crippen LogP contribution in [-0.2, 0) is 11.2 Å². The van der Waals surface area contributed by atoms with E-state index in [0.29, 0.717) is 17.8 Å². The fourth-order valence-electron chi connectivity index (χ4n) is 3.91. The summed E-state index contributed by atoms with van der Waals surface area (Å²) in [5.74, 6) is 0.976. The number of pyridine rings is 1. The van der Waals surface area contributed by atoms with Gasteiger partial charge in [-0.3, -0.25) is 14.6 Å². The maximum absolute atomic E-state index is 12.7. The standard InChI is InChI=1S/C24H26N4O2/c1-3-22(29)20-10-19(13-25-14-20)17-4-5-18-15-26-24(27-21(18)11-17)12-23(30)16-6-8-28(2)9-7-16/h4-5,10-11,13-16H,3,6-9,12H2,1-2H3. The molecule has 0 unspecified atom stereocenters. The van der Waals surface area contributed by atoms with Crippen LogP contribution in [0.15, 0.2) is 42.9 Å². The van der Waals surface area contributed by atoms with Gasteiger partial charge in [-0.15, -0.1) is 0 Å². The second kappa shape index (κ2) is 8.79. The molecule has 1 aliphatic rings. The minimum atomic E-state index is 0.0715. The van der Waals surface area contributed by atoms with Crippen LogP contribution in [0.2, 0.25) is 0 Å². The number of nitrogens with zero attached hydrogens (tertiary/aromatic N) is 4. The second-order valence-corrected chi connectivity index (χ2v) is 8.02. The van der Waals surface area contributed by atoms with E-state index in [4.69, 9.17) is 0 Å². The third-order valence-corrected chi connectivity index (χ3v) is 5.85. The van der Waals surface area contributed by atoms with Gasteiger partial charge in [0.15, 0.2) is 5.78 Å². The molecule has 30 heavy (non-hydrogen) atoms. The molecule has 0 aliphatic carbocycles. The van der Waals surface area contributed by atoms with Crippen LogP contribution in [0, 0.1) is 5.92 Å². The van der Waals surface area contributed by atoms with E-state index >= 15 is 0 Å². The molecule has 1 fully saturated rings. The van der Waals surface area contributed by atoms with Gasteiger partial charge < -0.3 is 4.90 Å². The van der Waals surface area contributed by atoms with Gasteiger partial charge in [-0.25, -0.2) is 9.97 Å². The zero-order valence-electron chi connectivity index (χ0n) is 17.5. The van der Waals surface area contributed by atoms with Crippen molar-refractivity contribution in [2.75, 3.05) is 20.1 Å². The summed E-state index contributed by atoms with van der Waals surface area (Å²) in [6, 6.07) is 7.78. The third kappa shape index (κ3) is 4.44. The number of rotatable bonds is 6. The zero-order valence-corrected chi connectivity index (χ0v) is 17.5. The summed E-state index contributed by atoms with van der Waals surface area (Å²) in [5, 5.41) is 0.919. The summed E-state index contributed by atoms with van der Waals surface area (Å²) in [5.41, 5.74) is 3.22. The van der Waals surface area contributed by atoms with Crippen LogP contribution in [-0.4, -0.2) is 51.6 Å². The molecule has 0 bridgehead atoms. The molecule has 6 heteroatoms. The number of aromatic nitrogens is 3. The van der Waals surface area contributed by atoms with Gasteiger partial charge >= 0.3 is 0 Å². The Morgan fingerprint density at radius 1 is 1.07 bits per heavy atom. The Balaban J connectivity index is 1.57. The smallest absolute Gasteiger partial charge is 0.164 e. The van der Waals surface area contributed by atoms with Crippen LogP contribution < -0.4 is 0 Å². The normalized spacial score (nSPS) is 15.4. The number of carbonyl (C=O) groups excluding carboxylic acids is 2. The number of fused-ring (bicyclic) bond motifs is 1. The number of hydrogen-bond donors (Lipinski definition) is 0. The highest BCUT2D eigenvalue weighted by atomic mass is 16.1. The summed E-state index contributed by atoms with van der Waals surface area (Å²) in [6.45, 7) is 3.77. The summed E-state index contributed by atoms with van der Waals surface area (Å²) in [7, 11) is 2.09. The first kappa shape index (κ1) is 20.3. The number of ketones is 2. The van der Waals surface area contributed by atoms with E-state index in [0.717, 1.165) is 48.0 Å². The van der Waals surface area contributed by atoms with Crippen molar-refractivity contribution in [3.8, 4) is 11.1 Å². The highest BCUT2D eigenvalue weighted by Gasteiger charge is 2.24. The lowest BCUT2D eigenvalue weighted by atomic mass is 9.91. The maximum Gasteiger partial charge on any atom is 0.164 e. The molecule has 0 atom stereocenters. The predicted molar refractivity (Wildman–Crippen MR) is 116 cm³/mol. The highest BCUT2D eigenvalue weighted by molar-refractivity contribution is 5.97. The third-order valence-electron chi connectivity index (χ3n) is 5.85. The van der Waals surface area contributed by atoms with E-state index in [1.807, 2.05) is 31.2 Å². The number of benzene rings is 1. The molecule has 0 spiro atoms. The van der Waals surface area contributed by atoms with E-state index in [-0.39, 0.29) is 23.9 Å². The van der Waals surface area contributed by atoms with Crippen LogP contribution in [0.3, 0.4) is 0 Å². The van der Waals surface area contributed by atoms with E-state index in [2.05, 4.69) is 26.9 Å². The van der Waals surface area contributed by atoms with E-state index in [9.17, 15) is 9.59 Å². The van der Waals surface area contributed by atoms with Crippen molar-refractivity contribution in [3.63, 3.8) is 0 Å². The van der Waals surface area contributed by atoms with E-state index in [1.165, 1.54) is 0 Å². The Bertz CT molecular complexity index is 1090. The molecule has 0 amide bonds. The fraction of sp³-hybridized carbons (Fsp3) is 0.375. The first-order chi connectivity index (χ1) is 14.5. The summed E-state index contributed by atoms with van der Waals surface area (Å²) >= 11 is 0. The highest BCUT2D eigenvalue weighted by Crippen LogP contribution is 2.24. The molecule has 0 radical (unpaired) electrons. The van der Waals surface area contributed by atoms with Crippen molar-refractivity contribution in [2.45, 2.75) is 32.6 Å². The lowest BCUT2D eigenvalue weighted by Crippen LogP contribution is -2.34. The average Bonchev–Trinajstić information content (AvgIpc) is 2.78. The lowest BCUT2D eigenvalue weighted by Gasteiger charge is -2.27. The quantitative estimate of drug-likeness (QED) is 0.585. The van der Waals surface area contributed by atoms with Gasteiger partial charge in [0.1, 0.15) is 11.6 Å². The van der Waals surface area contributed by atoms with Gasteiger partial charge in [-0.2, -0.15) is 0 Å². The summed E-state index contributed by atoms with van der Waals surface area (Å²) < 4.78 is 0. The summed E-state index contributed by atoms with van der Waals surface area (Å²) in [4.78, 5) is 40.2. The minimum Gasteiger partial charge on any atom is -0.306 e. The summed E-state index contributed by atoms with van der Waals surface area (Å²) in [6.07, 6.45) is 7.67. The van der Waals surface area contributed by atoms with Crippen LogP contribution in [0.1, 0.15) is 42.4 Å². The number of hydrogen-bond acceptors (Lipinski definition) is 6. The molecule has 3 aromatic rings. The predicted octanol–water partition coefficient (Wildman–Crippen LogP) is 3.74. The molecule has 4 rings (SSSR count). The lowest BCUT2D eigenvalue weighted by molar-refractivity contribution is -0.123. The molecule has 2 aromatic heterocycles. The van der Waals surface area contributed by atoms with Crippen molar-refractivity contribution >= 4 is 22.5 Å². The molecular formula is C24H26N4O2. The Kier molecular flexibility index (Phi) is 5.95. The van der Waals surface area contributed by atoms with Gasteiger partial charge in [0.2, 0.25) is 0 Å². The second-order valence-electron chi connectivity index (χ2n) is 8.02. The van der Waals surface area contributed by atoms with E-state index in [1.54, 1.807) is 18.6 Å². The molecule has 6 nitrogen and oxygen atoms in total. The van der Waals surface area contributed by atoms with Crippen LogP contribution in [0.25, 0.3) is 22.0 Å². The molecule has 3 heterocycles. The van der Waals surface area contributed by atoms with Gasteiger partial charge in [0.05, 0.1) is 11.9 Å². The van der Waals surface area contributed by atoms with Crippen molar-refractivity contribution in [1.29, 1.82) is 0 Å². The first-order valence-electron chi connectivity index (χ1n) is 10.5.